The molecule has 1 aliphatic heterocycles. The van der Waals surface area contributed by atoms with Crippen LogP contribution in [0.4, 0.5) is 0 Å². The third-order valence-electron chi connectivity index (χ3n) is 3.29. The molecular formula is C12H17N5. The third-order valence-corrected chi connectivity index (χ3v) is 3.29. The molecule has 1 saturated heterocycles. The number of hydrogen-bond acceptors (Lipinski definition) is 4. The van der Waals surface area contributed by atoms with E-state index in [2.05, 4.69) is 33.3 Å². The molecule has 1 unspecified atom stereocenters. The highest BCUT2D eigenvalue weighted by Gasteiger charge is 2.18. The highest BCUT2D eigenvalue weighted by Crippen LogP contribution is 2.09. The fourth-order valence-electron chi connectivity index (χ4n) is 2.28. The summed E-state index contributed by atoms with van der Waals surface area (Å²) in [5, 5.41) is 3.40. The maximum absolute atomic E-state index is 4.53. The van der Waals surface area contributed by atoms with Crippen LogP contribution in [0.5, 0.6) is 0 Å². The van der Waals surface area contributed by atoms with Crippen LogP contribution < -0.4 is 5.32 Å². The zero-order valence-electron chi connectivity index (χ0n) is 10.0. The average Bonchev–Trinajstić information content (AvgIpc) is 2.74. The van der Waals surface area contributed by atoms with Crippen LogP contribution in [0.25, 0.3) is 5.78 Å². The molecule has 5 nitrogen and oxygen atoms in total. The molecule has 90 valence electrons. The van der Waals surface area contributed by atoms with Crippen molar-refractivity contribution < 1.29 is 0 Å². The van der Waals surface area contributed by atoms with Crippen molar-refractivity contribution in [2.75, 3.05) is 19.6 Å². The number of aromatic nitrogens is 3. The van der Waals surface area contributed by atoms with Crippen molar-refractivity contribution in [1.82, 2.24) is 24.6 Å². The van der Waals surface area contributed by atoms with Crippen molar-refractivity contribution in [2.24, 2.45) is 0 Å². The lowest BCUT2D eigenvalue weighted by molar-refractivity contribution is 0.164. The van der Waals surface area contributed by atoms with Gasteiger partial charge in [-0.25, -0.2) is 9.97 Å². The lowest BCUT2D eigenvalue weighted by atomic mass is 10.2. The van der Waals surface area contributed by atoms with Crippen LogP contribution in [-0.4, -0.2) is 44.9 Å². The summed E-state index contributed by atoms with van der Waals surface area (Å²) in [6.07, 6.45) is 5.83. The van der Waals surface area contributed by atoms with Gasteiger partial charge in [0.1, 0.15) is 0 Å². The first kappa shape index (κ1) is 10.7. The first-order valence-electron chi connectivity index (χ1n) is 6.06. The second-order valence-electron chi connectivity index (χ2n) is 4.58. The Bertz CT molecular complexity index is 473. The topological polar surface area (TPSA) is 45.5 Å². The standard InChI is InChI=1S/C12H17N5/c1-10-7-13-4-6-16(10)8-11-9-17-5-2-3-14-12(17)15-11/h2-3,5,9-10,13H,4,6-8H2,1H3. The molecule has 2 aromatic rings. The molecule has 5 heteroatoms. The minimum absolute atomic E-state index is 0.571. The van der Waals surface area contributed by atoms with E-state index in [0.717, 1.165) is 37.7 Å². The van der Waals surface area contributed by atoms with Crippen LogP contribution in [0.1, 0.15) is 12.6 Å². The van der Waals surface area contributed by atoms with E-state index in [1.54, 1.807) is 6.20 Å². The van der Waals surface area contributed by atoms with Gasteiger partial charge in [-0.1, -0.05) is 0 Å². The predicted octanol–water partition coefficient (Wildman–Crippen LogP) is 0.523. The largest absolute Gasteiger partial charge is 0.314 e. The van der Waals surface area contributed by atoms with Crippen molar-refractivity contribution in [2.45, 2.75) is 19.5 Å². The van der Waals surface area contributed by atoms with Gasteiger partial charge in [0.05, 0.1) is 5.69 Å². The summed E-state index contributed by atoms with van der Waals surface area (Å²) < 4.78 is 1.97. The minimum Gasteiger partial charge on any atom is -0.314 e. The Morgan fingerprint density at radius 3 is 3.29 bits per heavy atom. The van der Waals surface area contributed by atoms with E-state index in [0.29, 0.717) is 6.04 Å². The SMILES string of the molecule is CC1CNCCN1Cc1cn2cccnc2n1. The number of nitrogens with zero attached hydrogens (tertiary/aromatic N) is 4. The Kier molecular flexibility index (Phi) is 2.78. The number of imidazole rings is 1. The summed E-state index contributed by atoms with van der Waals surface area (Å²) in [5.41, 5.74) is 1.09. The van der Waals surface area contributed by atoms with E-state index < -0.39 is 0 Å². The quantitative estimate of drug-likeness (QED) is 0.818. The molecule has 0 bridgehead atoms. The van der Waals surface area contributed by atoms with Crippen molar-refractivity contribution in [3.63, 3.8) is 0 Å². The number of nitrogens with one attached hydrogen (secondary N) is 1. The molecule has 0 saturated carbocycles. The van der Waals surface area contributed by atoms with Gasteiger partial charge in [0.2, 0.25) is 5.78 Å². The molecule has 1 N–H and O–H groups in total. The van der Waals surface area contributed by atoms with Crippen molar-refractivity contribution in [3.8, 4) is 0 Å². The lowest BCUT2D eigenvalue weighted by Gasteiger charge is -2.33. The number of piperazine rings is 1. The van der Waals surface area contributed by atoms with E-state index in [1.807, 2.05) is 16.7 Å². The van der Waals surface area contributed by atoms with Gasteiger partial charge < -0.3 is 5.32 Å². The van der Waals surface area contributed by atoms with E-state index in [4.69, 9.17) is 0 Å². The van der Waals surface area contributed by atoms with E-state index in [9.17, 15) is 0 Å². The lowest BCUT2D eigenvalue weighted by Crippen LogP contribution is -2.49. The monoisotopic (exact) mass is 231 g/mol. The molecule has 1 fully saturated rings. The van der Waals surface area contributed by atoms with Crippen molar-refractivity contribution >= 4 is 5.78 Å². The molecule has 1 atom stereocenters. The Balaban J connectivity index is 1.79. The fourth-order valence-corrected chi connectivity index (χ4v) is 2.28. The summed E-state index contributed by atoms with van der Waals surface area (Å²) in [4.78, 5) is 11.2. The molecule has 1 aliphatic rings. The predicted molar refractivity (Wildman–Crippen MR) is 65.7 cm³/mol. The molecule has 3 heterocycles. The second kappa shape index (κ2) is 4.43. The molecule has 0 amide bonds. The first-order chi connectivity index (χ1) is 8.33. The Labute approximate surface area is 100 Å². The summed E-state index contributed by atoms with van der Waals surface area (Å²) in [7, 11) is 0. The van der Waals surface area contributed by atoms with Crippen LogP contribution in [0, 0.1) is 0 Å². The van der Waals surface area contributed by atoms with Crippen LogP contribution in [0.15, 0.2) is 24.7 Å². The molecule has 2 aromatic heterocycles. The van der Waals surface area contributed by atoms with Crippen LogP contribution in [-0.2, 0) is 6.54 Å². The van der Waals surface area contributed by atoms with Gasteiger partial charge in [-0.2, -0.15) is 0 Å². The first-order valence-corrected chi connectivity index (χ1v) is 6.06. The van der Waals surface area contributed by atoms with Gasteiger partial charge in [-0.05, 0) is 13.0 Å². The Morgan fingerprint density at radius 1 is 1.53 bits per heavy atom. The van der Waals surface area contributed by atoms with Gasteiger partial charge in [0.15, 0.2) is 0 Å². The highest BCUT2D eigenvalue weighted by atomic mass is 15.2. The summed E-state index contributed by atoms with van der Waals surface area (Å²) in [6.45, 7) is 6.37. The zero-order chi connectivity index (χ0) is 11.7. The molecular weight excluding hydrogens is 214 g/mol. The summed E-state index contributed by atoms with van der Waals surface area (Å²) in [6, 6.07) is 2.49. The minimum atomic E-state index is 0.571. The number of fused-ring (bicyclic) bond motifs is 1. The Morgan fingerprint density at radius 2 is 2.47 bits per heavy atom. The Hall–Kier alpha value is -1.46. The van der Waals surface area contributed by atoms with Crippen LogP contribution >= 0.6 is 0 Å². The number of rotatable bonds is 2. The van der Waals surface area contributed by atoms with Crippen molar-refractivity contribution in [1.29, 1.82) is 0 Å². The molecule has 0 spiro atoms. The maximum atomic E-state index is 4.53. The van der Waals surface area contributed by atoms with Crippen molar-refractivity contribution in [3.05, 3.63) is 30.4 Å². The highest BCUT2D eigenvalue weighted by molar-refractivity contribution is 5.29. The van der Waals surface area contributed by atoms with E-state index >= 15 is 0 Å². The zero-order valence-corrected chi connectivity index (χ0v) is 10.0. The smallest absolute Gasteiger partial charge is 0.233 e. The maximum Gasteiger partial charge on any atom is 0.233 e. The normalized spacial score (nSPS) is 22.1. The molecule has 0 radical (unpaired) electrons. The van der Waals surface area contributed by atoms with E-state index in [-0.39, 0.29) is 0 Å². The molecule has 0 aromatic carbocycles. The summed E-state index contributed by atoms with van der Waals surface area (Å²) in [5.74, 6) is 0.783. The molecule has 17 heavy (non-hydrogen) atoms. The van der Waals surface area contributed by atoms with Gasteiger partial charge in [0.25, 0.3) is 0 Å². The van der Waals surface area contributed by atoms with Crippen LogP contribution in [0.2, 0.25) is 0 Å². The van der Waals surface area contributed by atoms with Gasteiger partial charge in [0, 0.05) is 50.8 Å². The van der Waals surface area contributed by atoms with Crippen LogP contribution in [0.3, 0.4) is 0 Å². The van der Waals surface area contributed by atoms with Gasteiger partial charge >= 0.3 is 0 Å². The van der Waals surface area contributed by atoms with Gasteiger partial charge in [-0.3, -0.25) is 9.30 Å². The third kappa shape index (κ3) is 2.16. The molecule has 0 aliphatic carbocycles. The molecule has 3 rings (SSSR count). The summed E-state index contributed by atoms with van der Waals surface area (Å²) >= 11 is 0. The second-order valence-corrected chi connectivity index (χ2v) is 4.58. The van der Waals surface area contributed by atoms with Gasteiger partial charge in [-0.15, -0.1) is 0 Å². The number of hydrogen-bond donors (Lipinski definition) is 1. The van der Waals surface area contributed by atoms with E-state index in [1.165, 1.54) is 0 Å². The average molecular weight is 231 g/mol. The fraction of sp³-hybridized carbons (Fsp3) is 0.500.